The lowest BCUT2D eigenvalue weighted by molar-refractivity contribution is -0.157. The normalized spacial score (nSPS) is 12.1. The summed E-state index contributed by atoms with van der Waals surface area (Å²) in [4.78, 5) is 115. The number of benzene rings is 5. The van der Waals surface area contributed by atoms with Crippen LogP contribution in [-0.4, -0.2) is 116 Å². The summed E-state index contributed by atoms with van der Waals surface area (Å²) >= 11 is 6.17. The highest BCUT2D eigenvalue weighted by Crippen LogP contribution is 2.35. The molecule has 0 fully saturated rings. The number of imidazole rings is 2. The lowest BCUT2D eigenvalue weighted by atomic mass is 10.1. The molecule has 2 aliphatic heterocycles. The zero-order chi connectivity index (χ0) is 74.9. The molecule has 0 unspecified atom stereocenters. The van der Waals surface area contributed by atoms with Crippen LogP contribution in [0, 0.1) is 17.5 Å². The Morgan fingerprint density at radius 3 is 1.18 bits per heavy atom. The van der Waals surface area contributed by atoms with E-state index in [4.69, 9.17) is 30.9 Å². The Labute approximate surface area is 596 Å². The molecule has 0 saturated carbocycles. The standard InChI is InChI=1S/C24H23FN4O3.C18H19ClN4O3.C18H18FN3O3.C14H10FN3O3/c1-24(2,3)32-19(30)14-29-23(31)22-21(20(27-29)17-10-7-11-18(25)12-17)26-15-28(22)13-16-8-5-4-6-9-16;1-18(2,3)26-13(24)10-23-17(25)15-14(16(19)21-23)20-11-22(15)9-12-7-5-4-6-8-12;1-18(2,3)25-14(23)10-22-17(24)13-7-8-20-16(13)15(21-22)11-5-4-6-12(19)9-11;15-9-3-1-2-8(6-9)12-13-10(4-5-16-13)14(21)18(17-12)7-11(19)20/h4-12,15H,13-14H2,1-3H3;4-8,11H,9-10H2,1-3H3;4-6,8-9H,7,10H2,1-3H3;1-3,5-6H,4,7H2,(H,19,20). The number of aliphatic imine (C=N–C) groups is 2. The van der Waals surface area contributed by atoms with Gasteiger partial charge in [0, 0.05) is 55.1 Å². The van der Waals surface area contributed by atoms with Crippen molar-refractivity contribution in [3.63, 3.8) is 0 Å². The van der Waals surface area contributed by atoms with E-state index in [1.54, 1.807) is 127 Å². The van der Waals surface area contributed by atoms with E-state index in [9.17, 15) is 51.5 Å². The number of aliphatic carboxylic acids is 1. The molecule has 104 heavy (non-hydrogen) atoms. The maximum absolute atomic E-state index is 13.9. The average Bonchev–Trinajstić information content (AvgIpc) is 1.56. The zero-order valence-corrected chi connectivity index (χ0v) is 58.6. The Hall–Kier alpha value is -12.1. The van der Waals surface area contributed by atoms with Crippen LogP contribution in [0.3, 0.4) is 0 Å². The number of fused-ring (bicyclic) bond motifs is 4. The first-order valence-corrected chi connectivity index (χ1v) is 32.8. The van der Waals surface area contributed by atoms with E-state index in [1.807, 2.05) is 60.7 Å². The lowest BCUT2D eigenvalue weighted by Gasteiger charge is -2.20. The van der Waals surface area contributed by atoms with E-state index in [2.05, 4.69) is 40.3 Å². The third kappa shape index (κ3) is 18.7. The van der Waals surface area contributed by atoms with E-state index >= 15 is 0 Å². The predicted molar refractivity (Wildman–Crippen MR) is 382 cm³/mol. The highest BCUT2D eigenvalue weighted by Gasteiger charge is 2.28. The summed E-state index contributed by atoms with van der Waals surface area (Å²) in [5.41, 5.74) is 3.45. The van der Waals surface area contributed by atoms with E-state index in [0.717, 1.165) is 29.9 Å². The molecule has 5 aromatic carbocycles. The van der Waals surface area contributed by atoms with Crippen molar-refractivity contribution in [2.24, 2.45) is 9.98 Å². The van der Waals surface area contributed by atoms with Gasteiger partial charge in [0.15, 0.2) is 5.15 Å². The number of carboxylic acids is 1. The minimum atomic E-state index is -1.17. The number of aromatic nitrogens is 12. The highest BCUT2D eigenvalue weighted by atomic mass is 35.5. The van der Waals surface area contributed by atoms with Crippen LogP contribution in [0.5, 0.6) is 0 Å². The molecular formula is C74H70ClF3N14O12. The average molecular weight is 1440 g/mol. The summed E-state index contributed by atoms with van der Waals surface area (Å²) < 4.78 is 64.1. The number of ether oxygens (including phenoxy) is 3. The lowest BCUT2D eigenvalue weighted by Crippen LogP contribution is -2.33. The van der Waals surface area contributed by atoms with Gasteiger partial charge in [0.1, 0.15) is 99.6 Å². The molecule has 0 atom stereocenters. The van der Waals surface area contributed by atoms with Crippen LogP contribution in [0.4, 0.5) is 24.5 Å². The highest BCUT2D eigenvalue weighted by molar-refractivity contribution is 6.33. The van der Waals surface area contributed by atoms with Crippen LogP contribution < -0.4 is 22.2 Å². The van der Waals surface area contributed by atoms with E-state index < -0.39 is 86.9 Å². The number of halogens is 4. The Balaban J connectivity index is 0.000000150. The fourth-order valence-corrected chi connectivity index (χ4v) is 11.1. The van der Waals surface area contributed by atoms with Gasteiger partial charge in [-0.3, -0.25) is 48.3 Å². The fraction of sp³-hybridized carbons (Fsp3) is 0.270. The van der Waals surface area contributed by atoms with Crippen LogP contribution in [0.25, 0.3) is 55.8 Å². The third-order valence-corrected chi connectivity index (χ3v) is 15.2. The second kappa shape index (κ2) is 31.4. The number of hydrogen-bond acceptors (Lipinski definition) is 19. The molecule has 0 radical (unpaired) electrons. The summed E-state index contributed by atoms with van der Waals surface area (Å²) in [6.07, 6.45) is 6.94. The monoisotopic (exact) mass is 1440 g/mol. The molecule has 11 aromatic rings. The van der Waals surface area contributed by atoms with Gasteiger partial charge >= 0.3 is 23.9 Å². The molecular weight excluding hydrogens is 1370 g/mol. The van der Waals surface area contributed by atoms with Crippen molar-refractivity contribution in [2.45, 2.75) is 131 Å². The first-order valence-electron chi connectivity index (χ1n) is 32.4. The van der Waals surface area contributed by atoms with Gasteiger partial charge in [0.2, 0.25) is 0 Å². The molecule has 0 aliphatic carbocycles. The van der Waals surface area contributed by atoms with Crippen LogP contribution in [-0.2, 0) is 85.5 Å². The van der Waals surface area contributed by atoms with Gasteiger partial charge < -0.3 is 28.5 Å². The second-order valence-corrected chi connectivity index (χ2v) is 27.0. The molecule has 0 amide bonds. The number of rotatable bonds is 15. The van der Waals surface area contributed by atoms with Gasteiger partial charge in [0.05, 0.1) is 35.2 Å². The van der Waals surface area contributed by atoms with Crippen molar-refractivity contribution < 1.29 is 51.7 Å². The summed E-state index contributed by atoms with van der Waals surface area (Å²) in [6, 6.07) is 36.8. The minimum Gasteiger partial charge on any atom is -0.480 e. The number of carbonyl (C=O) groups excluding carboxylic acids is 3. The van der Waals surface area contributed by atoms with E-state index in [0.29, 0.717) is 98.8 Å². The van der Waals surface area contributed by atoms with Crippen molar-refractivity contribution in [1.82, 2.24) is 58.2 Å². The maximum atomic E-state index is 13.9. The maximum Gasteiger partial charge on any atom is 0.328 e. The molecule has 30 heteroatoms. The van der Waals surface area contributed by atoms with Crippen LogP contribution in [0.2, 0.25) is 5.15 Å². The number of carboxylic acid groups (broad SMARTS) is 1. The fourth-order valence-electron chi connectivity index (χ4n) is 10.9. The predicted octanol–water partition coefficient (Wildman–Crippen LogP) is 10.5. The summed E-state index contributed by atoms with van der Waals surface area (Å²) in [6.45, 7) is 15.1. The zero-order valence-electron chi connectivity index (χ0n) is 57.9. The Kier molecular flexibility index (Phi) is 22.5. The molecule has 6 aromatic heterocycles. The van der Waals surface area contributed by atoms with E-state index in [-0.39, 0.29) is 30.3 Å². The van der Waals surface area contributed by atoms with Gasteiger partial charge in [-0.1, -0.05) is 109 Å². The Morgan fingerprint density at radius 1 is 0.452 bits per heavy atom. The quantitative estimate of drug-likeness (QED) is 0.0736. The van der Waals surface area contributed by atoms with Crippen molar-refractivity contribution in [1.29, 1.82) is 0 Å². The van der Waals surface area contributed by atoms with Crippen LogP contribution >= 0.6 is 11.6 Å². The number of carbonyl (C=O) groups is 4. The third-order valence-electron chi connectivity index (χ3n) is 14.9. The molecule has 0 bridgehead atoms. The van der Waals surface area contributed by atoms with Crippen molar-refractivity contribution in [2.75, 3.05) is 0 Å². The summed E-state index contributed by atoms with van der Waals surface area (Å²) in [5.74, 6) is -4.19. The van der Waals surface area contributed by atoms with Gasteiger partial charge in [0.25, 0.3) is 22.2 Å². The van der Waals surface area contributed by atoms with Crippen molar-refractivity contribution in [3.8, 4) is 33.8 Å². The van der Waals surface area contributed by atoms with Gasteiger partial charge in [-0.05, 0) is 110 Å². The molecule has 13 rings (SSSR count). The van der Waals surface area contributed by atoms with Gasteiger partial charge in [-0.15, -0.1) is 0 Å². The molecule has 2 aliphatic rings. The first kappa shape index (κ1) is 74.5. The molecule has 1 N–H and O–H groups in total. The molecule has 8 heterocycles. The van der Waals surface area contributed by atoms with Crippen LogP contribution in [0.15, 0.2) is 175 Å². The van der Waals surface area contributed by atoms with E-state index in [1.165, 1.54) is 42.5 Å². The van der Waals surface area contributed by atoms with Crippen molar-refractivity contribution >= 4 is 81.3 Å². The molecule has 0 saturated heterocycles. The number of esters is 3. The van der Waals surface area contributed by atoms with Gasteiger partial charge in [-0.25, -0.2) is 41.9 Å². The Bertz CT molecular complexity index is 5420. The summed E-state index contributed by atoms with van der Waals surface area (Å²) in [5, 5.41) is 25.6. The van der Waals surface area contributed by atoms with Gasteiger partial charge in [-0.2, -0.15) is 20.4 Å². The molecule has 536 valence electrons. The Morgan fingerprint density at radius 2 is 0.798 bits per heavy atom. The number of hydrogen-bond donors (Lipinski definition) is 1. The largest absolute Gasteiger partial charge is 0.480 e. The topological polar surface area (TPSA) is 316 Å². The summed E-state index contributed by atoms with van der Waals surface area (Å²) in [7, 11) is 0. The number of nitrogens with zero attached hydrogens (tertiary/aromatic N) is 14. The smallest absolute Gasteiger partial charge is 0.328 e. The van der Waals surface area contributed by atoms with Crippen LogP contribution in [0.1, 0.15) is 84.6 Å². The SMILES string of the molecule is CC(C)(C)OC(=O)Cn1nc(-c2cccc(F)c2)c2c(c1=O)CC=N2.CC(C)(C)OC(=O)Cn1nc(-c2cccc(F)c2)c2ncn(Cc3ccccc3)c2c1=O.CC(C)(C)OC(=O)Cn1nc(Cl)c2ncn(Cc3ccccc3)c2c1=O.O=C(O)Cn1nc(-c2cccc(F)c2)c2c(c1=O)CC=N2. The molecule has 0 spiro atoms. The van der Waals surface area contributed by atoms with Crippen molar-refractivity contribution in [3.05, 3.63) is 232 Å². The molecule has 26 nitrogen and oxygen atoms in total. The minimum absolute atomic E-state index is 0.0648. The first-order chi connectivity index (χ1) is 49.3. The second-order valence-electron chi connectivity index (χ2n) is 26.7.